The van der Waals surface area contributed by atoms with Crippen LogP contribution < -0.4 is 5.32 Å². The van der Waals surface area contributed by atoms with Gasteiger partial charge in [-0.1, -0.05) is 33.3 Å². The van der Waals surface area contributed by atoms with Gasteiger partial charge in [0.2, 0.25) is 0 Å². The summed E-state index contributed by atoms with van der Waals surface area (Å²) in [7, 11) is 0. The summed E-state index contributed by atoms with van der Waals surface area (Å²) in [6.07, 6.45) is 3.57. The van der Waals surface area contributed by atoms with Crippen molar-refractivity contribution in [3.8, 4) is 5.69 Å². The van der Waals surface area contributed by atoms with Crippen LogP contribution in [0.5, 0.6) is 0 Å². The number of benzene rings is 2. The maximum Gasteiger partial charge on any atom is 0.252 e. The SMILES string of the molecule is Cc1c(Br)cccc1-n1cc(C(C)(C)NC(=O)c2ccc3cn[nH]c3c2)nn1. The summed E-state index contributed by atoms with van der Waals surface area (Å²) in [6, 6.07) is 11.3. The highest BCUT2D eigenvalue weighted by molar-refractivity contribution is 9.10. The molecule has 0 aliphatic heterocycles. The number of aromatic amines is 1. The highest BCUT2D eigenvalue weighted by atomic mass is 79.9. The standard InChI is InChI=1S/C20H19BrN6O/c1-12-15(21)5-4-6-17(12)27-11-18(25-26-27)20(2,3)23-19(28)13-7-8-14-10-22-24-16(14)9-13/h4-11H,1-3H3,(H,22,24)(H,23,28). The number of aromatic nitrogens is 5. The molecule has 0 radical (unpaired) electrons. The van der Waals surface area contributed by atoms with Gasteiger partial charge in [0.05, 0.1) is 29.1 Å². The van der Waals surface area contributed by atoms with E-state index in [1.807, 2.05) is 51.2 Å². The Labute approximate surface area is 170 Å². The minimum atomic E-state index is -0.696. The van der Waals surface area contributed by atoms with E-state index in [0.717, 1.165) is 26.6 Å². The zero-order chi connectivity index (χ0) is 19.9. The maximum atomic E-state index is 12.8. The molecule has 2 heterocycles. The molecule has 2 N–H and O–H groups in total. The molecule has 0 unspecified atom stereocenters. The molecule has 1 amide bonds. The van der Waals surface area contributed by atoms with Crippen LogP contribution in [0.1, 0.15) is 35.5 Å². The number of hydrogen-bond acceptors (Lipinski definition) is 4. The molecule has 7 nitrogen and oxygen atoms in total. The van der Waals surface area contributed by atoms with Crippen molar-refractivity contribution in [1.29, 1.82) is 0 Å². The molecule has 0 saturated carbocycles. The first-order valence-electron chi connectivity index (χ1n) is 8.79. The van der Waals surface area contributed by atoms with E-state index in [2.05, 4.69) is 41.8 Å². The second-order valence-corrected chi connectivity index (χ2v) is 8.04. The minimum Gasteiger partial charge on any atom is -0.341 e. The predicted molar refractivity (Wildman–Crippen MR) is 110 cm³/mol. The first-order valence-corrected chi connectivity index (χ1v) is 9.58. The Morgan fingerprint density at radius 2 is 2.07 bits per heavy atom. The van der Waals surface area contributed by atoms with Crippen LogP contribution in [-0.4, -0.2) is 31.1 Å². The van der Waals surface area contributed by atoms with Crippen LogP contribution in [0.15, 0.2) is 53.3 Å². The molecule has 0 spiro atoms. The Morgan fingerprint density at radius 1 is 1.25 bits per heavy atom. The average Bonchev–Trinajstić information content (AvgIpc) is 3.32. The lowest BCUT2D eigenvalue weighted by Crippen LogP contribution is -2.41. The fourth-order valence-electron chi connectivity index (χ4n) is 3.01. The summed E-state index contributed by atoms with van der Waals surface area (Å²) in [5.74, 6) is -0.185. The Hall–Kier alpha value is -3.00. The highest BCUT2D eigenvalue weighted by Gasteiger charge is 2.27. The molecule has 142 valence electrons. The number of hydrogen-bond donors (Lipinski definition) is 2. The normalized spacial score (nSPS) is 11.7. The van der Waals surface area contributed by atoms with Gasteiger partial charge in [0.1, 0.15) is 5.69 Å². The molecular weight excluding hydrogens is 420 g/mol. The molecule has 0 aliphatic carbocycles. The van der Waals surface area contributed by atoms with Gasteiger partial charge in [-0.15, -0.1) is 5.10 Å². The number of halogens is 1. The quantitative estimate of drug-likeness (QED) is 0.505. The van der Waals surface area contributed by atoms with Crippen molar-refractivity contribution in [2.45, 2.75) is 26.3 Å². The van der Waals surface area contributed by atoms with Crippen molar-refractivity contribution >= 4 is 32.7 Å². The molecule has 28 heavy (non-hydrogen) atoms. The number of nitrogens with one attached hydrogen (secondary N) is 2. The lowest BCUT2D eigenvalue weighted by atomic mass is 10.0. The molecule has 8 heteroatoms. The van der Waals surface area contributed by atoms with Gasteiger partial charge >= 0.3 is 0 Å². The van der Waals surface area contributed by atoms with Gasteiger partial charge in [0.15, 0.2) is 0 Å². The van der Waals surface area contributed by atoms with Crippen LogP contribution in [0.2, 0.25) is 0 Å². The molecule has 0 bridgehead atoms. The minimum absolute atomic E-state index is 0.185. The molecule has 0 saturated heterocycles. The zero-order valence-electron chi connectivity index (χ0n) is 15.7. The van der Waals surface area contributed by atoms with Gasteiger partial charge in [0, 0.05) is 15.4 Å². The average molecular weight is 439 g/mol. The van der Waals surface area contributed by atoms with E-state index in [1.54, 1.807) is 23.0 Å². The van der Waals surface area contributed by atoms with E-state index in [0.29, 0.717) is 11.3 Å². The number of H-pyrrole nitrogens is 1. The Balaban J connectivity index is 1.59. The number of nitrogens with zero attached hydrogens (tertiary/aromatic N) is 4. The second kappa shape index (κ2) is 6.87. The lowest BCUT2D eigenvalue weighted by Gasteiger charge is -2.23. The Bertz CT molecular complexity index is 1180. The number of amides is 1. The van der Waals surface area contributed by atoms with E-state index >= 15 is 0 Å². The summed E-state index contributed by atoms with van der Waals surface area (Å²) < 4.78 is 2.73. The summed E-state index contributed by atoms with van der Waals surface area (Å²) in [4.78, 5) is 12.8. The van der Waals surface area contributed by atoms with Gasteiger partial charge < -0.3 is 5.32 Å². The number of fused-ring (bicyclic) bond motifs is 1. The monoisotopic (exact) mass is 438 g/mol. The molecular formula is C20H19BrN6O. The van der Waals surface area contributed by atoms with E-state index < -0.39 is 5.54 Å². The third kappa shape index (κ3) is 3.31. The molecule has 0 aliphatic rings. The zero-order valence-corrected chi connectivity index (χ0v) is 17.3. The van der Waals surface area contributed by atoms with Crippen LogP contribution in [0.4, 0.5) is 0 Å². The van der Waals surface area contributed by atoms with E-state index in [4.69, 9.17) is 0 Å². The topological polar surface area (TPSA) is 88.5 Å². The van der Waals surface area contributed by atoms with Gasteiger partial charge in [0.25, 0.3) is 5.91 Å². The summed E-state index contributed by atoms with van der Waals surface area (Å²) in [5, 5.41) is 19.4. The van der Waals surface area contributed by atoms with Crippen molar-refractivity contribution in [2.24, 2.45) is 0 Å². The van der Waals surface area contributed by atoms with Crippen LogP contribution in [-0.2, 0) is 5.54 Å². The Morgan fingerprint density at radius 3 is 2.89 bits per heavy atom. The first-order chi connectivity index (χ1) is 13.3. The maximum absolute atomic E-state index is 12.8. The summed E-state index contributed by atoms with van der Waals surface area (Å²) >= 11 is 3.54. The van der Waals surface area contributed by atoms with Crippen molar-refractivity contribution in [1.82, 2.24) is 30.5 Å². The highest BCUT2D eigenvalue weighted by Crippen LogP contribution is 2.24. The largest absolute Gasteiger partial charge is 0.341 e. The van der Waals surface area contributed by atoms with Crippen molar-refractivity contribution < 1.29 is 4.79 Å². The Kier molecular flexibility index (Phi) is 4.50. The van der Waals surface area contributed by atoms with E-state index in [9.17, 15) is 4.79 Å². The molecule has 2 aromatic heterocycles. The van der Waals surface area contributed by atoms with Crippen LogP contribution in [0.3, 0.4) is 0 Å². The van der Waals surface area contributed by atoms with Crippen molar-refractivity contribution in [2.75, 3.05) is 0 Å². The molecule has 0 fully saturated rings. The number of carbonyl (C=O) groups is 1. The van der Waals surface area contributed by atoms with Crippen LogP contribution in [0.25, 0.3) is 16.6 Å². The second-order valence-electron chi connectivity index (χ2n) is 7.18. The third-order valence-corrected chi connectivity index (χ3v) is 5.61. The molecule has 2 aromatic carbocycles. The fourth-order valence-corrected chi connectivity index (χ4v) is 3.37. The van der Waals surface area contributed by atoms with Gasteiger partial charge in [-0.2, -0.15) is 5.10 Å². The molecule has 4 rings (SSSR count). The summed E-state index contributed by atoms with van der Waals surface area (Å²) in [5.41, 5.74) is 3.34. The summed E-state index contributed by atoms with van der Waals surface area (Å²) in [6.45, 7) is 5.82. The first kappa shape index (κ1) is 18.4. The van der Waals surface area contributed by atoms with Gasteiger partial charge in [-0.05, 0) is 50.6 Å². The lowest BCUT2D eigenvalue weighted by molar-refractivity contribution is 0.0910. The fraction of sp³-hybridized carbons (Fsp3) is 0.200. The van der Waals surface area contributed by atoms with E-state index in [-0.39, 0.29) is 5.91 Å². The van der Waals surface area contributed by atoms with Crippen molar-refractivity contribution in [3.05, 3.63) is 70.1 Å². The van der Waals surface area contributed by atoms with Gasteiger partial charge in [-0.25, -0.2) is 4.68 Å². The number of carbonyl (C=O) groups excluding carboxylic acids is 1. The molecule has 4 aromatic rings. The molecule has 0 atom stereocenters. The van der Waals surface area contributed by atoms with Crippen LogP contribution in [0, 0.1) is 6.92 Å². The smallest absolute Gasteiger partial charge is 0.252 e. The van der Waals surface area contributed by atoms with Crippen LogP contribution >= 0.6 is 15.9 Å². The van der Waals surface area contributed by atoms with E-state index in [1.165, 1.54) is 0 Å². The predicted octanol–water partition coefficient (Wildman–Crippen LogP) is 3.88. The number of rotatable bonds is 4. The van der Waals surface area contributed by atoms with Gasteiger partial charge in [-0.3, -0.25) is 9.89 Å². The van der Waals surface area contributed by atoms with Crippen molar-refractivity contribution in [3.63, 3.8) is 0 Å². The third-order valence-electron chi connectivity index (χ3n) is 4.75.